The summed E-state index contributed by atoms with van der Waals surface area (Å²) < 4.78 is 13.9. The van der Waals surface area contributed by atoms with Crippen molar-refractivity contribution in [2.24, 2.45) is 0 Å². The molecule has 0 atom stereocenters. The van der Waals surface area contributed by atoms with Gasteiger partial charge in [0.15, 0.2) is 35.2 Å². The van der Waals surface area contributed by atoms with Crippen LogP contribution in [0.5, 0.6) is 5.75 Å². The Bertz CT molecular complexity index is 1640. The molecule has 8 bridgehead atoms. The zero-order valence-electron chi connectivity index (χ0n) is 20.7. The smallest absolute Gasteiger partial charge is 0.198 e. The number of pyridine rings is 1. The van der Waals surface area contributed by atoms with E-state index in [-0.39, 0.29) is 34.0 Å². The molecular formula is C28H25Br2N7O. The molecule has 3 aromatic heterocycles. The molecular weight excluding hydrogens is 610 g/mol. The van der Waals surface area contributed by atoms with Crippen LogP contribution in [-0.4, -0.2) is 31.9 Å². The third-order valence-corrected chi connectivity index (χ3v) is 6.72. The van der Waals surface area contributed by atoms with Gasteiger partial charge in [0, 0.05) is 0 Å². The zero-order chi connectivity index (χ0) is 24.1. The van der Waals surface area contributed by atoms with E-state index in [1.165, 1.54) is 0 Å². The number of halogens is 2. The quantitative estimate of drug-likeness (QED) is 0.179. The largest absolute Gasteiger partial charge is 1.00 e. The highest BCUT2D eigenvalue weighted by Crippen LogP contribution is 2.20. The van der Waals surface area contributed by atoms with Crippen molar-refractivity contribution in [2.75, 3.05) is 7.11 Å². The van der Waals surface area contributed by atoms with Gasteiger partial charge in [0.1, 0.15) is 18.8 Å². The van der Waals surface area contributed by atoms with Crippen LogP contribution in [0.4, 0.5) is 0 Å². The van der Waals surface area contributed by atoms with Gasteiger partial charge in [-0.05, 0) is 65.7 Å². The minimum Gasteiger partial charge on any atom is -1.00 e. The van der Waals surface area contributed by atoms with Crippen molar-refractivity contribution in [2.45, 2.75) is 26.2 Å². The number of fused-ring (bicyclic) bond motifs is 14. The molecule has 1 aliphatic heterocycles. The molecule has 0 aliphatic carbocycles. The first-order valence-corrected chi connectivity index (χ1v) is 12.1. The lowest BCUT2D eigenvalue weighted by Crippen LogP contribution is -3.00. The maximum absolute atomic E-state index is 5.67. The average molecular weight is 635 g/mol. The minimum atomic E-state index is 0. The van der Waals surface area contributed by atoms with Crippen LogP contribution in [0.1, 0.15) is 22.5 Å². The normalized spacial score (nSPS) is 12.6. The molecule has 8 nitrogen and oxygen atoms in total. The van der Waals surface area contributed by atoms with Crippen molar-refractivity contribution in [3.8, 4) is 5.75 Å². The second-order valence-corrected chi connectivity index (χ2v) is 9.20. The van der Waals surface area contributed by atoms with E-state index in [1.807, 2.05) is 9.36 Å². The summed E-state index contributed by atoms with van der Waals surface area (Å²) in [6.45, 7) is 2.44. The van der Waals surface area contributed by atoms with Crippen molar-refractivity contribution in [1.82, 2.24) is 24.8 Å². The first kappa shape index (κ1) is 26.0. The van der Waals surface area contributed by atoms with Crippen molar-refractivity contribution >= 4 is 22.1 Å². The summed E-state index contributed by atoms with van der Waals surface area (Å²) in [5.74, 6) is 0.830. The Morgan fingerprint density at radius 1 is 0.658 bits per heavy atom. The molecule has 0 spiro atoms. The Balaban J connectivity index is 0.00000147. The van der Waals surface area contributed by atoms with Crippen LogP contribution in [0.2, 0.25) is 0 Å². The van der Waals surface area contributed by atoms with Gasteiger partial charge in [-0.25, -0.2) is 4.98 Å². The number of hydrogen-bond donors (Lipinski definition) is 0. The summed E-state index contributed by atoms with van der Waals surface area (Å²) in [5, 5.41) is 9.94. The van der Waals surface area contributed by atoms with Crippen LogP contribution in [-0.2, 0) is 26.2 Å². The molecule has 10 heteroatoms. The number of hydrogen-bond acceptors (Lipinski definition) is 4. The molecule has 0 saturated carbocycles. The van der Waals surface area contributed by atoms with Crippen molar-refractivity contribution in [3.05, 3.63) is 107 Å². The van der Waals surface area contributed by atoms with Gasteiger partial charge in [-0.2, -0.15) is 0 Å². The maximum atomic E-state index is 5.67. The fraction of sp³-hybridized carbons (Fsp3) is 0.179. The molecule has 3 aromatic carbocycles. The summed E-state index contributed by atoms with van der Waals surface area (Å²) in [7, 11) is 1.71. The fourth-order valence-corrected chi connectivity index (χ4v) is 5.11. The lowest BCUT2D eigenvalue weighted by Gasteiger charge is -2.07. The van der Waals surface area contributed by atoms with E-state index >= 15 is 0 Å². The first-order valence-electron chi connectivity index (χ1n) is 12.1. The number of nitrogens with zero attached hydrogens (tertiary/aromatic N) is 7. The number of benzene rings is 3. The summed E-state index contributed by atoms with van der Waals surface area (Å²) in [4.78, 5) is 4.97. The number of aromatic nitrogens is 7. The predicted octanol–water partition coefficient (Wildman–Crippen LogP) is -3.12. The number of para-hydroxylation sites is 4. The van der Waals surface area contributed by atoms with Gasteiger partial charge in [0.25, 0.3) is 0 Å². The second kappa shape index (κ2) is 10.6. The van der Waals surface area contributed by atoms with E-state index < -0.39 is 0 Å². The van der Waals surface area contributed by atoms with Gasteiger partial charge in [0.05, 0.1) is 28.9 Å². The lowest BCUT2D eigenvalue weighted by molar-refractivity contribution is -0.725. The van der Waals surface area contributed by atoms with E-state index in [1.54, 1.807) is 7.11 Å². The summed E-state index contributed by atoms with van der Waals surface area (Å²) in [6, 6.07) is 29.3. The van der Waals surface area contributed by atoms with Crippen LogP contribution in [0.15, 0.2) is 84.9 Å². The Hall–Kier alpha value is -3.63. The van der Waals surface area contributed by atoms with Crippen LogP contribution in [0.25, 0.3) is 22.1 Å². The molecule has 192 valence electrons. The van der Waals surface area contributed by atoms with Gasteiger partial charge in [-0.3, -0.25) is 0 Å². The van der Waals surface area contributed by atoms with Gasteiger partial charge in [-0.15, -0.1) is 18.7 Å². The monoisotopic (exact) mass is 633 g/mol. The molecule has 1 aliphatic rings. The first-order chi connectivity index (χ1) is 17.7. The molecule has 4 heterocycles. The van der Waals surface area contributed by atoms with E-state index in [4.69, 9.17) is 20.1 Å². The Morgan fingerprint density at radius 2 is 1.16 bits per heavy atom. The van der Waals surface area contributed by atoms with Crippen LogP contribution >= 0.6 is 0 Å². The van der Waals surface area contributed by atoms with Crippen molar-refractivity contribution in [3.63, 3.8) is 0 Å². The number of ether oxygens (including phenoxy) is 1. The Kier molecular flexibility index (Phi) is 7.27. The van der Waals surface area contributed by atoms with E-state index in [0.29, 0.717) is 26.2 Å². The van der Waals surface area contributed by atoms with Crippen LogP contribution < -0.4 is 48.1 Å². The van der Waals surface area contributed by atoms with E-state index in [0.717, 1.165) is 50.3 Å². The molecule has 0 saturated heterocycles. The third-order valence-electron chi connectivity index (χ3n) is 6.72. The third kappa shape index (κ3) is 4.69. The molecule has 0 N–H and O–H groups in total. The summed E-state index contributed by atoms with van der Waals surface area (Å²) >= 11 is 0. The highest BCUT2D eigenvalue weighted by Gasteiger charge is 2.22. The molecule has 0 unspecified atom stereocenters. The van der Waals surface area contributed by atoms with Crippen molar-refractivity contribution in [1.29, 1.82) is 0 Å². The predicted molar refractivity (Wildman–Crippen MR) is 133 cm³/mol. The topological polar surface area (TPSA) is 65.5 Å². The maximum Gasteiger partial charge on any atom is 0.198 e. The second-order valence-electron chi connectivity index (χ2n) is 9.20. The summed E-state index contributed by atoms with van der Waals surface area (Å²) in [6.07, 6.45) is 0. The summed E-state index contributed by atoms with van der Waals surface area (Å²) in [5.41, 5.74) is 8.51. The van der Waals surface area contributed by atoms with Crippen LogP contribution in [0.3, 0.4) is 0 Å². The lowest BCUT2D eigenvalue weighted by atomic mass is 10.1. The molecule has 0 amide bonds. The minimum absolute atomic E-state index is 0. The number of methoxy groups -OCH3 is 1. The van der Waals surface area contributed by atoms with Crippen LogP contribution in [0, 0.1) is 0 Å². The van der Waals surface area contributed by atoms with Gasteiger partial charge < -0.3 is 38.7 Å². The number of rotatable bonds is 1. The standard InChI is InChI=1S/C28H25N7O.2BrH/c1-36-24-14-20-13-21(15-24)17-33-26-10-3-5-12-28(26)35(31-33)19-23-8-6-7-22(29-23)18-34-27-11-4-2-9-25(27)32(16-20)30-34;;/h2-15H,16-19H2,1H3;2*1H/q+2;;/p-2. The SMILES string of the molecule is COc1cc2cc(c1)C[n+]1nn(c3ccccc31)Cc1cccc(n1)Cn1n[n+](c3ccccc31)C2.[Br-].[Br-]. The van der Waals surface area contributed by atoms with Gasteiger partial charge >= 0.3 is 0 Å². The van der Waals surface area contributed by atoms with Gasteiger partial charge in [-0.1, -0.05) is 30.3 Å². The van der Waals surface area contributed by atoms with Crippen molar-refractivity contribution < 1.29 is 48.1 Å². The fourth-order valence-electron chi connectivity index (χ4n) is 5.11. The molecule has 38 heavy (non-hydrogen) atoms. The highest BCUT2D eigenvalue weighted by molar-refractivity contribution is 5.71. The molecule has 0 radical (unpaired) electrons. The molecule has 0 fully saturated rings. The zero-order valence-corrected chi connectivity index (χ0v) is 23.9. The molecule has 7 rings (SSSR count). The van der Waals surface area contributed by atoms with Gasteiger partial charge in [0.2, 0.25) is 0 Å². The Morgan fingerprint density at radius 3 is 1.66 bits per heavy atom. The molecule has 6 aromatic rings. The van der Waals surface area contributed by atoms with E-state index in [9.17, 15) is 0 Å². The Labute approximate surface area is 240 Å². The highest BCUT2D eigenvalue weighted by atomic mass is 79.9. The average Bonchev–Trinajstić information content (AvgIpc) is 3.41. The van der Waals surface area contributed by atoms with E-state index in [2.05, 4.69) is 94.3 Å².